The van der Waals surface area contributed by atoms with Gasteiger partial charge < -0.3 is 9.53 Å². The van der Waals surface area contributed by atoms with E-state index in [9.17, 15) is 9.59 Å². The van der Waals surface area contributed by atoms with Crippen molar-refractivity contribution in [2.24, 2.45) is 46.3 Å². The highest BCUT2D eigenvalue weighted by Crippen LogP contribution is 2.74. The SMILES string of the molecule is CC(=O)CCC(=O)O[C@H]1CCC2(C)C(=CC[C@@H]3[C@@H]2CC[C@]24C[C@H](CCCC(C)C)[C@H]2CC[C@@H]34)C1. The number of fused-ring (bicyclic) bond motifs is 4. The number of carbonyl (C=O) groups is 2. The molecular formula is C31H48O3. The summed E-state index contributed by atoms with van der Waals surface area (Å²) in [6, 6.07) is 0. The van der Waals surface area contributed by atoms with Crippen LogP contribution < -0.4 is 0 Å². The summed E-state index contributed by atoms with van der Waals surface area (Å²) in [7, 11) is 0. The lowest BCUT2D eigenvalue weighted by atomic mass is 9.41. The maximum atomic E-state index is 12.2. The monoisotopic (exact) mass is 468 g/mol. The highest BCUT2D eigenvalue weighted by atomic mass is 16.5. The van der Waals surface area contributed by atoms with Crippen LogP contribution in [0.4, 0.5) is 0 Å². The minimum atomic E-state index is -0.192. The summed E-state index contributed by atoms with van der Waals surface area (Å²) in [5, 5.41) is 0. The molecule has 0 saturated heterocycles. The van der Waals surface area contributed by atoms with Crippen molar-refractivity contribution in [2.45, 2.75) is 124 Å². The van der Waals surface area contributed by atoms with Gasteiger partial charge in [0, 0.05) is 12.8 Å². The van der Waals surface area contributed by atoms with Gasteiger partial charge >= 0.3 is 5.97 Å². The quantitative estimate of drug-likeness (QED) is 0.271. The van der Waals surface area contributed by atoms with Crippen LogP contribution in [0.25, 0.3) is 0 Å². The summed E-state index contributed by atoms with van der Waals surface area (Å²) < 4.78 is 5.81. The van der Waals surface area contributed by atoms with Gasteiger partial charge in [-0.1, -0.05) is 51.7 Å². The second kappa shape index (κ2) is 9.40. The molecule has 5 aliphatic rings. The number of hydrogen-bond donors (Lipinski definition) is 0. The molecule has 0 heterocycles. The average molecular weight is 469 g/mol. The third-order valence-corrected chi connectivity index (χ3v) is 11.4. The first-order chi connectivity index (χ1) is 16.2. The molecule has 4 saturated carbocycles. The standard InChI is InChI=1S/C31H48O3/c1-20(2)6-5-7-22-19-31-17-15-27-25(28(31)12-11-26(22)31)10-9-23-18-24(14-16-30(23,27)4)34-29(33)13-8-21(3)32/h9,20,22,24-28H,5-8,10-19H2,1-4H3/t22-,24-,25+,26+,27-,28-,30?,31-/m0/s1. The van der Waals surface area contributed by atoms with Crippen LogP contribution in [0.2, 0.25) is 0 Å². The maximum absolute atomic E-state index is 12.2. The number of rotatable bonds is 8. The first-order valence-corrected chi connectivity index (χ1v) is 14.6. The molecule has 3 nitrogen and oxygen atoms in total. The normalized spacial score (nSPS) is 42.6. The van der Waals surface area contributed by atoms with E-state index < -0.39 is 0 Å². The lowest BCUT2D eigenvalue weighted by molar-refractivity contribution is -0.154. The van der Waals surface area contributed by atoms with Gasteiger partial charge in [0.1, 0.15) is 11.9 Å². The summed E-state index contributed by atoms with van der Waals surface area (Å²) >= 11 is 0. The molecule has 0 radical (unpaired) electrons. The molecule has 4 fully saturated rings. The van der Waals surface area contributed by atoms with Gasteiger partial charge in [-0.05, 0) is 105 Å². The van der Waals surface area contributed by atoms with Gasteiger partial charge in [0.05, 0.1) is 6.42 Å². The fourth-order valence-electron chi connectivity index (χ4n) is 9.77. The Hall–Kier alpha value is -1.12. The van der Waals surface area contributed by atoms with Crippen molar-refractivity contribution in [1.29, 1.82) is 0 Å². The smallest absolute Gasteiger partial charge is 0.306 e. The molecule has 1 unspecified atom stereocenters. The fraction of sp³-hybridized carbons (Fsp3) is 0.871. The van der Waals surface area contributed by atoms with Crippen molar-refractivity contribution in [1.82, 2.24) is 0 Å². The van der Waals surface area contributed by atoms with Crippen LogP contribution in [0.5, 0.6) is 0 Å². The number of hydrogen-bond acceptors (Lipinski definition) is 3. The van der Waals surface area contributed by atoms with Gasteiger partial charge in [0.2, 0.25) is 0 Å². The summed E-state index contributed by atoms with van der Waals surface area (Å²) in [5.74, 6) is 5.47. The third kappa shape index (κ3) is 4.21. The summed E-state index contributed by atoms with van der Waals surface area (Å²) in [6.45, 7) is 8.82. The zero-order chi connectivity index (χ0) is 24.1. The predicted molar refractivity (Wildman–Crippen MR) is 136 cm³/mol. The number of allylic oxidation sites excluding steroid dienone is 1. The van der Waals surface area contributed by atoms with Gasteiger partial charge in [-0.25, -0.2) is 0 Å². The highest BCUT2D eigenvalue weighted by Gasteiger charge is 2.66. The maximum Gasteiger partial charge on any atom is 0.306 e. The number of ketones is 1. The minimum Gasteiger partial charge on any atom is -0.462 e. The molecule has 0 amide bonds. The van der Waals surface area contributed by atoms with Crippen molar-refractivity contribution in [3.63, 3.8) is 0 Å². The first-order valence-electron chi connectivity index (χ1n) is 14.6. The van der Waals surface area contributed by atoms with E-state index in [0.29, 0.717) is 17.3 Å². The average Bonchev–Trinajstić information content (AvgIpc) is 3.07. The molecule has 190 valence electrons. The van der Waals surface area contributed by atoms with Gasteiger partial charge in [0.15, 0.2) is 0 Å². The molecule has 5 rings (SSSR count). The van der Waals surface area contributed by atoms with E-state index in [4.69, 9.17) is 4.74 Å². The molecule has 0 N–H and O–H groups in total. The van der Waals surface area contributed by atoms with E-state index >= 15 is 0 Å². The van der Waals surface area contributed by atoms with Crippen molar-refractivity contribution in [3.05, 3.63) is 11.6 Å². The topological polar surface area (TPSA) is 43.4 Å². The number of esters is 1. The number of carbonyl (C=O) groups excluding carboxylic acids is 2. The molecular weight excluding hydrogens is 420 g/mol. The van der Waals surface area contributed by atoms with E-state index in [1.54, 1.807) is 12.5 Å². The molecule has 8 atom stereocenters. The Morgan fingerprint density at radius 2 is 1.85 bits per heavy atom. The Kier molecular flexibility index (Phi) is 6.79. The van der Waals surface area contributed by atoms with Gasteiger partial charge in [-0.2, -0.15) is 0 Å². The summed E-state index contributed by atoms with van der Waals surface area (Å²) in [5.41, 5.74) is 2.59. The lowest BCUT2D eigenvalue weighted by Gasteiger charge is -2.64. The Labute approximate surface area is 207 Å². The lowest BCUT2D eigenvalue weighted by Crippen LogP contribution is -2.56. The second-order valence-corrected chi connectivity index (χ2v) is 13.6. The zero-order valence-corrected chi connectivity index (χ0v) is 22.2. The van der Waals surface area contributed by atoms with E-state index in [2.05, 4.69) is 26.8 Å². The van der Waals surface area contributed by atoms with Gasteiger partial charge in [-0.15, -0.1) is 0 Å². The van der Waals surface area contributed by atoms with Crippen LogP contribution in [0, 0.1) is 46.3 Å². The van der Waals surface area contributed by atoms with Gasteiger partial charge in [-0.3, -0.25) is 4.79 Å². The molecule has 0 bridgehead atoms. The van der Waals surface area contributed by atoms with Crippen LogP contribution in [-0.4, -0.2) is 17.9 Å². The number of ether oxygens (including phenoxy) is 1. The van der Waals surface area contributed by atoms with Crippen molar-refractivity contribution >= 4 is 11.8 Å². The van der Waals surface area contributed by atoms with E-state index in [1.165, 1.54) is 57.8 Å². The Morgan fingerprint density at radius 3 is 2.62 bits per heavy atom. The Bertz CT molecular complexity index is 827. The van der Waals surface area contributed by atoms with Crippen molar-refractivity contribution in [3.8, 4) is 0 Å². The molecule has 1 spiro atoms. The van der Waals surface area contributed by atoms with Crippen molar-refractivity contribution in [2.75, 3.05) is 0 Å². The second-order valence-electron chi connectivity index (χ2n) is 13.6. The molecule has 34 heavy (non-hydrogen) atoms. The largest absolute Gasteiger partial charge is 0.462 e. The third-order valence-electron chi connectivity index (χ3n) is 11.4. The van der Waals surface area contributed by atoms with Crippen LogP contribution in [-0.2, 0) is 14.3 Å². The van der Waals surface area contributed by atoms with E-state index in [-0.39, 0.29) is 24.3 Å². The van der Waals surface area contributed by atoms with Crippen LogP contribution in [0.3, 0.4) is 0 Å². The predicted octanol–water partition coefficient (Wildman–Crippen LogP) is 7.67. The zero-order valence-electron chi connectivity index (χ0n) is 22.2. The van der Waals surface area contributed by atoms with Crippen LogP contribution >= 0.6 is 0 Å². The minimum absolute atomic E-state index is 0.0133. The first kappa shape index (κ1) is 24.6. The van der Waals surface area contributed by atoms with E-state index in [1.807, 2.05) is 0 Å². The van der Waals surface area contributed by atoms with Crippen LogP contribution in [0.15, 0.2) is 11.6 Å². The molecule has 3 heteroatoms. The van der Waals surface area contributed by atoms with Gasteiger partial charge in [0.25, 0.3) is 0 Å². The fourth-order valence-corrected chi connectivity index (χ4v) is 9.77. The Balaban J connectivity index is 1.21. The molecule has 0 aromatic carbocycles. The molecule has 0 aliphatic heterocycles. The van der Waals surface area contributed by atoms with Crippen molar-refractivity contribution < 1.29 is 14.3 Å². The molecule has 0 aromatic rings. The molecule has 0 aromatic heterocycles. The van der Waals surface area contributed by atoms with Crippen LogP contribution in [0.1, 0.15) is 118 Å². The molecule has 5 aliphatic carbocycles. The number of Topliss-reactive ketones (excluding diaryl/α,β-unsaturated/α-hetero) is 1. The summed E-state index contributed by atoms with van der Waals surface area (Å²) in [4.78, 5) is 23.4. The van der Waals surface area contributed by atoms with E-state index in [0.717, 1.165) is 54.8 Å². The summed E-state index contributed by atoms with van der Waals surface area (Å²) in [6.07, 6.45) is 19.2. The highest BCUT2D eigenvalue weighted by molar-refractivity contribution is 5.81. The Morgan fingerprint density at radius 1 is 1.06 bits per heavy atom.